The molecule has 1 amide bonds. The third kappa shape index (κ3) is 4.07. The average Bonchev–Trinajstić information content (AvgIpc) is 2.78. The molecule has 1 heterocycles. The zero-order valence-electron chi connectivity index (χ0n) is 12.3. The first-order chi connectivity index (χ1) is 10.5. The predicted octanol–water partition coefficient (Wildman–Crippen LogP) is 3.14. The Labute approximate surface area is 127 Å². The number of carboxylic acids is 1. The van der Waals surface area contributed by atoms with Crippen LogP contribution in [-0.4, -0.2) is 17.0 Å². The molecule has 0 spiro atoms. The highest BCUT2D eigenvalue weighted by atomic mass is 19.1. The molecule has 0 radical (unpaired) electrons. The normalized spacial score (nSPS) is 10.8. The van der Waals surface area contributed by atoms with Crippen LogP contribution in [0.2, 0.25) is 0 Å². The van der Waals surface area contributed by atoms with E-state index in [1.165, 1.54) is 12.1 Å². The molecule has 0 aliphatic rings. The highest BCUT2D eigenvalue weighted by Gasteiger charge is 2.12. The van der Waals surface area contributed by atoms with E-state index in [1.807, 2.05) is 6.92 Å². The lowest BCUT2D eigenvalue weighted by Crippen LogP contribution is -2.22. The maximum absolute atomic E-state index is 13.2. The molecule has 1 aromatic carbocycles. The lowest BCUT2D eigenvalue weighted by molar-refractivity contribution is -0.137. The second-order valence-corrected chi connectivity index (χ2v) is 5.17. The number of carboxylic acid groups (broad SMARTS) is 1. The summed E-state index contributed by atoms with van der Waals surface area (Å²) < 4.78 is 18.8. The second-order valence-electron chi connectivity index (χ2n) is 5.17. The van der Waals surface area contributed by atoms with Gasteiger partial charge in [0.1, 0.15) is 17.2 Å². The highest BCUT2D eigenvalue weighted by molar-refractivity contribution is 5.82. The predicted molar refractivity (Wildman–Crippen MR) is 78.9 cm³/mol. The SMILES string of the molecule is Cc1c(CNC(=O)CCCCC(=O)O)oc2ccc(F)cc12. The fraction of sp³-hybridized carbons (Fsp3) is 0.375. The summed E-state index contributed by atoms with van der Waals surface area (Å²) in [4.78, 5) is 22.0. The van der Waals surface area contributed by atoms with E-state index in [-0.39, 0.29) is 31.1 Å². The van der Waals surface area contributed by atoms with E-state index in [2.05, 4.69) is 5.32 Å². The minimum atomic E-state index is -0.856. The molecule has 22 heavy (non-hydrogen) atoms. The summed E-state index contributed by atoms with van der Waals surface area (Å²) in [5, 5.41) is 11.9. The molecule has 1 aromatic heterocycles. The molecular formula is C16H18FNO4. The summed E-state index contributed by atoms with van der Waals surface area (Å²) in [6.45, 7) is 2.06. The van der Waals surface area contributed by atoms with E-state index in [0.29, 0.717) is 29.6 Å². The van der Waals surface area contributed by atoms with Crippen LogP contribution in [0.5, 0.6) is 0 Å². The van der Waals surface area contributed by atoms with Crippen LogP contribution in [0.25, 0.3) is 11.0 Å². The van der Waals surface area contributed by atoms with E-state index < -0.39 is 5.97 Å². The zero-order chi connectivity index (χ0) is 16.1. The number of hydrogen-bond acceptors (Lipinski definition) is 3. The molecule has 0 unspecified atom stereocenters. The van der Waals surface area contributed by atoms with Gasteiger partial charge in [0.15, 0.2) is 0 Å². The Balaban J connectivity index is 1.87. The first-order valence-corrected chi connectivity index (χ1v) is 7.13. The van der Waals surface area contributed by atoms with Gasteiger partial charge in [0.05, 0.1) is 6.54 Å². The quantitative estimate of drug-likeness (QED) is 0.770. The first-order valence-electron chi connectivity index (χ1n) is 7.13. The Bertz CT molecular complexity index is 693. The summed E-state index contributed by atoms with van der Waals surface area (Å²) in [6.07, 6.45) is 1.36. The number of unbranched alkanes of at least 4 members (excludes halogenated alkanes) is 1. The number of halogens is 1. The topological polar surface area (TPSA) is 79.5 Å². The molecule has 0 atom stereocenters. The van der Waals surface area contributed by atoms with Gasteiger partial charge >= 0.3 is 5.97 Å². The van der Waals surface area contributed by atoms with Crippen LogP contribution in [0.1, 0.15) is 37.0 Å². The Kier molecular flexibility index (Phi) is 5.14. The zero-order valence-corrected chi connectivity index (χ0v) is 12.3. The highest BCUT2D eigenvalue weighted by Crippen LogP contribution is 2.25. The molecule has 0 saturated heterocycles. The summed E-state index contributed by atoms with van der Waals surface area (Å²) in [6, 6.07) is 4.30. The van der Waals surface area contributed by atoms with Crippen molar-refractivity contribution in [3.8, 4) is 0 Å². The largest absolute Gasteiger partial charge is 0.481 e. The molecule has 0 aliphatic heterocycles. The third-order valence-electron chi connectivity index (χ3n) is 3.49. The van der Waals surface area contributed by atoms with Crippen molar-refractivity contribution in [1.82, 2.24) is 5.32 Å². The first kappa shape index (κ1) is 16.0. The van der Waals surface area contributed by atoms with Crippen LogP contribution >= 0.6 is 0 Å². The van der Waals surface area contributed by atoms with Crippen molar-refractivity contribution in [2.75, 3.05) is 0 Å². The molecule has 0 saturated carbocycles. The van der Waals surface area contributed by atoms with E-state index in [9.17, 15) is 14.0 Å². The van der Waals surface area contributed by atoms with Gasteiger partial charge in [0, 0.05) is 23.8 Å². The Morgan fingerprint density at radius 1 is 1.27 bits per heavy atom. The number of benzene rings is 1. The Morgan fingerprint density at radius 3 is 2.73 bits per heavy atom. The lowest BCUT2D eigenvalue weighted by Gasteiger charge is -2.03. The maximum atomic E-state index is 13.2. The summed E-state index contributed by atoms with van der Waals surface area (Å²) in [5.41, 5.74) is 1.39. The van der Waals surface area contributed by atoms with Crippen molar-refractivity contribution in [1.29, 1.82) is 0 Å². The van der Waals surface area contributed by atoms with Crippen molar-refractivity contribution in [3.63, 3.8) is 0 Å². The molecule has 118 valence electrons. The lowest BCUT2D eigenvalue weighted by atomic mass is 10.1. The fourth-order valence-corrected chi connectivity index (χ4v) is 2.24. The number of carbonyl (C=O) groups excluding carboxylic acids is 1. The van der Waals surface area contributed by atoms with Gasteiger partial charge in [0.2, 0.25) is 5.91 Å². The average molecular weight is 307 g/mol. The molecule has 0 bridgehead atoms. The third-order valence-corrected chi connectivity index (χ3v) is 3.49. The Hall–Kier alpha value is -2.37. The van der Waals surface area contributed by atoms with Crippen molar-refractivity contribution < 1.29 is 23.5 Å². The van der Waals surface area contributed by atoms with Crippen LogP contribution in [-0.2, 0) is 16.1 Å². The number of carbonyl (C=O) groups is 2. The van der Waals surface area contributed by atoms with Crippen molar-refractivity contribution in [3.05, 3.63) is 35.3 Å². The molecular weight excluding hydrogens is 289 g/mol. The molecule has 5 nitrogen and oxygen atoms in total. The Morgan fingerprint density at radius 2 is 2.00 bits per heavy atom. The van der Waals surface area contributed by atoms with Crippen molar-refractivity contribution in [2.24, 2.45) is 0 Å². The molecule has 2 N–H and O–H groups in total. The van der Waals surface area contributed by atoms with Crippen LogP contribution in [0.4, 0.5) is 4.39 Å². The summed E-state index contributed by atoms with van der Waals surface area (Å²) in [5.74, 6) is -0.744. The van der Waals surface area contributed by atoms with E-state index in [0.717, 1.165) is 5.56 Å². The fourth-order valence-electron chi connectivity index (χ4n) is 2.24. The number of nitrogens with one attached hydrogen (secondary N) is 1. The molecule has 2 aromatic rings. The van der Waals surface area contributed by atoms with Gasteiger partial charge in [-0.25, -0.2) is 4.39 Å². The number of furan rings is 1. The molecule has 6 heteroatoms. The minimum Gasteiger partial charge on any atom is -0.481 e. The van der Waals surface area contributed by atoms with Gasteiger partial charge in [-0.05, 0) is 38.0 Å². The standard InChI is InChI=1S/C16H18FNO4/c1-10-12-8-11(17)6-7-13(12)22-14(10)9-18-15(19)4-2-3-5-16(20)21/h6-8H,2-5,9H2,1H3,(H,18,19)(H,20,21). The van der Waals surface area contributed by atoms with Crippen LogP contribution in [0.15, 0.2) is 22.6 Å². The van der Waals surface area contributed by atoms with Gasteiger partial charge < -0.3 is 14.8 Å². The van der Waals surface area contributed by atoms with E-state index >= 15 is 0 Å². The van der Waals surface area contributed by atoms with Gasteiger partial charge in [-0.3, -0.25) is 9.59 Å². The van der Waals surface area contributed by atoms with Crippen LogP contribution < -0.4 is 5.32 Å². The van der Waals surface area contributed by atoms with Crippen molar-refractivity contribution >= 4 is 22.8 Å². The van der Waals surface area contributed by atoms with Crippen molar-refractivity contribution in [2.45, 2.75) is 39.2 Å². The molecule has 2 rings (SSSR count). The maximum Gasteiger partial charge on any atom is 0.303 e. The second kappa shape index (κ2) is 7.06. The summed E-state index contributed by atoms with van der Waals surface area (Å²) in [7, 11) is 0. The monoisotopic (exact) mass is 307 g/mol. The van der Waals surface area contributed by atoms with Gasteiger partial charge in [-0.2, -0.15) is 0 Å². The minimum absolute atomic E-state index is 0.0710. The molecule has 0 fully saturated rings. The smallest absolute Gasteiger partial charge is 0.303 e. The molecule has 0 aliphatic carbocycles. The van der Waals surface area contributed by atoms with Crippen LogP contribution in [0.3, 0.4) is 0 Å². The van der Waals surface area contributed by atoms with E-state index in [1.54, 1.807) is 6.07 Å². The van der Waals surface area contributed by atoms with E-state index in [4.69, 9.17) is 9.52 Å². The van der Waals surface area contributed by atoms with Crippen LogP contribution in [0, 0.1) is 12.7 Å². The van der Waals surface area contributed by atoms with Gasteiger partial charge in [-0.15, -0.1) is 0 Å². The number of aryl methyl sites for hydroxylation is 1. The number of aliphatic carboxylic acids is 1. The number of hydrogen-bond donors (Lipinski definition) is 2. The number of fused-ring (bicyclic) bond motifs is 1. The summed E-state index contributed by atoms with van der Waals surface area (Å²) >= 11 is 0. The number of rotatable bonds is 7. The van der Waals surface area contributed by atoms with Gasteiger partial charge in [-0.1, -0.05) is 0 Å². The van der Waals surface area contributed by atoms with Gasteiger partial charge in [0.25, 0.3) is 0 Å². The number of amides is 1.